The molecule has 0 aliphatic heterocycles. The number of carbonyl (C=O) groups excluding carboxylic acids is 1. The second kappa shape index (κ2) is 6.08. The Morgan fingerprint density at radius 2 is 1.44 bits per heavy atom. The van der Waals surface area contributed by atoms with E-state index >= 15 is 0 Å². The molecule has 0 spiro atoms. The zero-order valence-corrected chi connectivity index (χ0v) is 13.0. The van der Waals surface area contributed by atoms with Gasteiger partial charge in [-0.2, -0.15) is 0 Å². The van der Waals surface area contributed by atoms with Crippen molar-refractivity contribution in [2.75, 3.05) is 0 Å². The van der Waals surface area contributed by atoms with Crippen molar-refractivity contribution in [3.63, 3.8) is 0 Å². The molecule has 1 rings (SSSR count). The molecule has 0 radical (unpaired) electrons. The Morgan fingerprint density at radius 3 is 1.78 bits per heavy atom. The number of carbonyl (C=O) groups is 1. The highest BCUT2D eigenvalue weighted by Crippen LogP contribution is 2.48. The van der Waals surface area contributed by atoms with E-state index < -0.39 is 0 Å². The number of hydrogen-bond acceptors (Lipinski definition) is 2. The van der Waals surface area contributed by atoms with Crippen LogP contribution in [-0.2, 0) is 9.53 Å². The summed E-state index contributed by atoms with van der Waals surface area (Å²) in [5, 5.41) is 0. The lowest BCUT2D eigenvalue weighted by atomic mass is 9.60. The SMILES string of the molecule is CC(C)C(=O)OC1CCC(C(C)C)(C(C)C)CC1. The van der Waals surface area contributed by atoms with E-state index in [9.17, 15) is 4.79 Å². The summed E-state index contributed by atoms with van der Waals surface area (Å²) in [6, 6.07) is 0. The molecule has 2 nitrogen and oxygen atoms in total. The summed E-state index contributed by atoms with van der Waals surface area (Å²) in [5.74, 6) is 1.37. The summed E-state index contributed by atoms with van der Waals surface area (Å²) in [4.78, 5) is 11.6. The lowest BCUT2D eigenvalue weighted by Crippen LogP contribution is -2.39. The molecule has 0 aromatic heterocycles. The molecule has 0 aromatic rings. The van der Waals surface area contributed by atoms with E-state index in [0.717, 1.165) is 12.8 Å². The van der Waals surface area contributed by atoms with Gasteiger partial charge in [0.2, 0.25) is 0 Å². The van der Waals surface area contributed by atoms with E-state index in [0.29, 0.717) is 17.3 Å². The van der Waals surface area contributed by atoms with E-state index in [4.69, 9.17) is 4.74 Å². The van der Waals surface area contributed by atoms with Crippen molar-refractivity contribution in [1.82, 2.24) is 0 Å². The highest BCUT2D eigenvalue weighted by atomic mass is 16.5. The van der Waals surface area contributed by atoms with Crippen molar-refractivity contribution in [2.45, 2.75) is 73.3 Å². The summed E-state index contributed by atoms with van der Waals surface area (Å²) < 4.78 is 5.57. The Kier molecular flexibility index (Phi) is 5.24. The van der Waals surface area contributed by atoms with Crippen molar-refractivity contribution in [2.24, 2.45) is 23.2 Å². The lowest BCUT2D eigenvalue weighted by molar-refractivity contribution is -0.156. The predicted molar refractivity (Wildman–Crippen MR) is 75.3 cm³/mol. The van der Waals surface area contributed by atoms with Crippen molar-refractivity contribution < 1.29 is 9.53 Å². The van der Waals surface area contributed by atoms with Crippen LogP contribution in [0.25, 0.3) is 0 Å². The fraction of sp³-hybridized carbons (Fsp3) is 0.938. The van der Waals surface area contributed by atoms with Crippen molar-refractivity contribution in [1.29, 1.82) is 0 Å². The van der Waals surface area contributed by atoms with E-state index in [1.54, 1.807) is 0 Å². The van der Waals surface area contributed by atoms with Crippen LogP contribution in [0.3, 0.4) is 0 Å². The third kappa shape index (κ3) is 3.27. The third-order valence-corrected chi connectivity index (χ3v) is 4.92. The largest absolute Gasteiger partial charge is 0.462 e. The van der Waals surface area contributed by atoms with Gasteiger partial charge in [0, 0.05) is 0 Å². The van der Waals surface area contributed by atoms with Crippen LogP contribution in [0.15, 0.2) is 0 Å². The van der Waals surface area contributed by atoms with Gasteiger partial charge < -0.3 is 4.74 Å². The molecule has 0 atom stereocenters. The summed E-state index contributed by atoms with van der Waals surface area (Å²) in [5.41, 5.74) is 0.445. The molecule has 0 heterocycles. The van der Waals surface area contributed by atoms with Gasteiger partial charge >= 0.3 is 5.97 Å². The normalized spacial score (nSPS) is 20.7. The Balaban J connectivity index is 2.56. The first-order valence-corrected chi connectivity index (χ1v) is 7.50. The van der Waals surface area contributed by atoms with Gasteiger partial charge in [-0.3, -0.25) is 4.79 Å². The van der Waals surface area contributed by atoms with Gasteiger partial charge in [-0.05, 0) is 42.9 Å². The molecule has 106 valence electrons. The summed E-state index contributed by atoms with van der Waals surface area (Å²) in [6.07, 6.45) is 4.62. The first-order chi connectivity index (χ1) is 8.29. The maximum absolute atomic E-state index is 11.6. The van der Waals surface area contributed by atoms with Crippen LogP contribution in [0.1, 0.15) is 67.2 Å². The van der Waals surface area contributed by atoms with E-state index in [1.807, 2.05) is 13.8 Å². The molecule has 2 heteroatoms. The molecule has 0 N–H and O–H groups in total. The molecule has 0 bridgehead atoms. The van der Waals surface area contributed by atoms with Gasteiger partial charge in [-0.15, -0.1) is 0 Å². The Bertz CT molecular complexity index is 261. The molecule has 0 amide bonds. The third-order valence-electron chi connectivity index (χ3n) is 4.92. The fourth-order valence-electron chi connectivity index (χ4n) is 3.37. The zero-order valence-electron chi connectivity index (χ0n) is 13.0. The standard InChI is InChI=1S/C16H30O2/c1-11(2)15(17)18-14-7-9-16(10-8-14,12(3)4)13(5)6/h11-14H,7-10H2,1-6H3. The smallest absolute Gasteiger partial charge is 0.308 e. The average molecular weight is 254 g/mol. The minimum absolute atomic E-state index is 0.00752. The summed E-state index contributed by atoms with van der Waals surface area (Å²) >= 11 is 0. The van der Waals surface area contributed by atoms with Crippen LogP contribution in [0.4, 0.5) is 0 Å². The molecule has 18 heavy (non-hydrogen) atoms. The molecular formula is C16H30O2. The predicted octanol–water partition coefficient (Wildman–Crippen LogP) is 4.43. The van der Waals surface area contributed by atoms with Gasteiger partial charge in [0.1, 0.15) is 6.10 Å². The van der Waals surface area contributed by atoms with Gasteiger partial charge in [-0.25, -0.2) is 0 Å². The average Bonchev–Trinajstić information content (AvgIpc) is 2.29. The molecule has 1 saturated carbocycles. The van der Waals surface area contributed by atoms with E-state index in [1.165, 1.54) is 12.8 Å². The first-order valence-electron chi connectivity index (χ1n) is 7.50. The van der Waals surface area contributed by atoms with Gasteiger partial charge in [0.15, 0.2) is 0 Å². The van der Waals surface area contributed by atoms with E-state index in [-0.39, 0.29) is 18.0 Å². The molecular weight excluding hydrogens is 224 g/mol. The van der Waals surface area contributed by atoms with Gasteiger partial charge in [-0.1, -0.05) is 41.5 Å². The summed E-state index contributed by atoms with van der Waals surface area (Å²) in [6.45, 7) is 13.1. The van der Waals surface area contributed by atoms with Crippen LogP contribution in [0.5, 0.6) is 0 Å². The number of ether oxygens (including phenoxy) is 1. The molecule has 1 fully saturated rings. The minimum Gasteiger partial charge on any atom is -0.462 e. The number of hydrogen-bond donors (Lipinski definition) is 0. The molecule has 0 unspecified atom stereocenters. The van der Waals surface area contributed by atoms with Crippen LogP contribution in [0.2, 0.25) is 0 Å². The second-order valence-electron chi connectivity index (χ2n) is 6.83. The minimum atomic E-state index is -0.0402. The van der Waals surface area contributed by atoms with Crippen LogP contribution < -0.4 is 0 Å². The highest BCUT2D eigenvalue weighted by molar-refractivity contribution is 5.71. The first kappa shape index (κ1) is 15.5. The maximum atomic E-state index is 11.6. The Hall–Kier alpha value is -0.530. The number of rotatable bonds is 4. The molecule has 1 aliphatic rings. The number of esters is 1. The van der Waals surface area contributed by atoms with Crippen molar-refractivity contribution >= 4 is 5.97 Å². The summed E-state index contributed by atoms with van der Waals surface area (Å²) in [7, 11) is 0. The van der Waals surface area contributed by atoms with Crippen LogP contribution in [-0.4, -0.2) is 12.1 Å². The molecule has 1 aliphatic carbocycles. The highest BCUT2D eigenvalue weighted by Gasteiger charge is 2.41. The van der Waals surface area contributed by atoms with Crippen molar-refractivity contribution in [3.05, 3.63) is 0 Å². The second-order valence-corrected chi connectivity index (χ2v) is 6.83. The fourth-order valence-corrected chi connectivity index (χ4v) is 3.37. The van der Waals surface area contributed by atoms with Crippen LogP contribution >= 0.6 is 0 Å². The quantitative estimate of drug-likeness (QED) is 0.694. The van der Waals surface area contributed by atoms with Gasteiger partial charge in [0.05, 0.1) is 5.92 Å². The lowest BCUT2D eigenvalue weighted by Gasteiger charge is -2.46. The van der Waals surface area contributed by atoms with Crippen LogP contribution in [0, 0.1) is 23.2 Å². The monoisotopic (exact) mass is 254 g/mol. The Morgan fingerprint density at radius 1 is 1.00 bits per heavy atom. The molecule has 0 saturated heterocycles. The van der Waals surface area contributed by atoms with Crippen molar-refractivity contribution in [3.8, 4) is 0 Å². The molecule has 0 aromatic carbocycles. The topological polar surface area (TPSA) is 26.3 Å². The zero-order chi connectivity index (χ0) is 13.9. The maximum Gasteiger partial charge on any atom is 0.308 e. The Labute approximate surface area is 112 Å². The van der Waals surface area contributed by atoms with Gasteiger partial charge in [0.25, 0.3) is 0 Å². The van der Waals surface area contributed by atoms with E-state index in [2.05, 4.69) is 27.7 Å².